The lowest BCUT2D eigenvalue weighted by atomic mass is 9.86. The lowest BCUT2D eigenvalue weighted by Gasteiger charge is -2.39. The first-order valence-electron chi connectivity index (χ1n) is 10.4. The van der Waals surface area contributed by atoms with Crippen LogP contribution in [0.1, 0.15) is 35.4 Å². The third kappa shape index (κ3) is 3.88. The fourth-order valence-electron chi connectivity index (χ4n) is 5.16. The Balaban J connectivity index is 1.57. The minimum Gasteiger partial charge on any atom is -0.496 e. The highest BCUT2D eigenvalue weighted by Crippen LogP contribution is 2.39. The topological polar surface area (TPSA) is 32.8 Å². The maximum absolute atomic E-state index is 13.4. The van der Waals surface area contributed by atoms with Gasteiger partial charge in [0.25, 0.3) is 0 Å². The summed E-state index contributed by atoms with van der Waals surface area (Å²) >= 11 is 0. The number of carbonyl (C=O) groups is 1. The van der Waals surface area contributed by atoms with Gasteiger partial charge in [0.05, 0.1) is 13.5 Å². The Kier molecular flexibility index (Phi) is 5.59. The molecule has 0 aromatic heterocycles. The smallest absolute Gasteiger partial charge is 0.227 e. The van der Waals surface area contributed by atoms with E-state index in [0.29, 0.717) is 13.0 Å². The number of likely N-dealkylation sites (tertiary alicyclic amines) is 2. The molecule has 4 rings (SSSR count). The largest absolute Gasteiger partial charge is 0.496 e. The molecular formula is C24H29FN2O2. The lowest BCUT2D eigenvalue weighted by Crippen LogP contribution is -2.50. The highest BCUT2D eigenvalue weighted by Gasteiger charge is 2.47. The van der Waals surface area contributed by atoms with E-state index in [1.54, 1.807) is 7.11 Å². The number of halogens is 1. The standard InChI is InChI=1S/C24H29FN2O2/c1-16-13-17(6-11-22(16)29-3)14-23(28)27-15-20(18-7-9-19(25)10-8-18)24-21(27)5-4-12-26(24)2/h6-11,13,20-21,24H,4-5,12,14-15H2,1-3H3/t20-,21-,24-/m1/s1. The molecule has 0 saturated carbocycles. The number of benzene rings is 2. The second kappa shape index (κ2) is 8.15. The zero-order valence-electron chi connectivity index (χ0n) is 17.4. The van der Waals surface area contributed by atoms with Crippen LogP contribution in [0.25, 0.3) is 0 Å². The van der Waals surface area contributed by atoms with Crippen molar-refractivity contribution >= 4 is 5.91 Å². The molecule has 0 bridgehead atoms. The quantitative estimate of drug-likeness (QED) is 0.789. The van der Waals surface area contributed by atoms with Crippen LogP contribution in [0.2, 0.25) is 0 Å². The summed E-state index contributed by atoms with van der Waals surface area (Å²) in [7, 11) is 3.81. The van der Waals surface area contributed by atoms with E-state index >= 15 is 0 Å². The van der Waals surface area contributed by atoms with Crippen molar-refractivity contribution in [3.05, 3.63) is 65.0 Å². The normalized spacial score (nSPS) is 24.4. The monoisotopic (exact) mass is 396 g/mol. The predicted octanol–water partition coefficient (Wildman–Crippen LogP) is 3.77. The Morgan fingerprint density at radius 1 is 1.21 bits per heavy atom. The van der Waals surface area contributed by atoms with E-state index in [0.717, 1.165) is 41.8 Å². The SMILES string of the molecule is COc1ccc(CC(=O)N2C[C@H](c3ccc(F)cc3)[C@@H]3[C@H]2CCCN3C)cc1C. The minimum atomic E-state index is -0.219. The molecule has 0 N–H and O–H groups in total. The fraction of sp³-hybridized carbons (Fsp3) is 0.458. The summed E-state index contributed by atoms with van der Waals surface area (Å²) in [6.07, 6.45) is 2.52. The van der Waals surface area contributed by atoms with Crippen LogP contribution in [-0.4, -0.2) is 55.0 Å². The molecule has 5 heteroatoms. The summed E-state index contributed by atoms with van der Waals surface area (Å²) < 4.78 is 18.8. The Bertz CT molecular complexity index is 883. The number of methoxy groups -OCH3 is 1. The first-order chi connectivity index (χ1) is 14.0. The molecule has 2 aliphatic heterocycles. The summed E-state index contributed by atoms with van der Waals surface area (Å²) in [5.41, 5.74) is 3.17. The van der Waals surface area contributed by atoms with Crippen LogP contribution < -0.4 is 4.74 Å². The number of likely N-dealkylation sites (N-methyl/N-ethyl adjacent to an activating group) is 1. The number of aryl methyl sites for hydroxylation is 1. The first kappa shape index (κ1) is 19.9. The van der Waals surface area contributed by atoms with Crippen molar-refractivity contribution in [3.8, 4) is 5.75 Å². The molecule has 0 radical (unpaired) electrons. The van der Waals surface area contributed by atoms with E-state index in [1.807, 2.05) is 37.3 Å². The Hall–Kier alpha value is -2.40. The van der Waals surface area contributed by atoms with Gasteiger partial charge in [-0.15, -0.1) is 0 Å². The van der Waals surface area contributed by atoms with Gasteiger partial charge in [-0.05, 0) is 68.2 Å². The molecule has 4 nitrogen and oxygen atoms in total. The third-order valence-corrected chi connectivity index (χ3v) is 6.55. The third-order valence-electron chi connectivity index (χ3n) is 6.55. The van der Waals surface area contributed by atoms with Crippen LogP contribution in [0, 0.1) is 12.7 Å². The van der Waals surface area contributed by atoms with Crippen molar-refractivity contribution in [1.82, 2.24) is 9.80 Å². The molecule has 2 fully saturated rings. The molecule has 0 spiro atoms. The van der Waals surface area contributed by atoms with Gasteiger partial charge in [-0.1, -0.05) is 24.3 Å². The summed E-state index contributed by atoms with van der Waals surface area (Å²) in [6.45, 7) is 3.73. The number of piperidine rings is 1. The maximum atomic E-state index is 13.4. The average Bonchev–Trinajstić information content (AvgIpc) is 3.10. The van der Waals surface area contributed by atoms with Gasteiger partial charge in [0.15, 0.2) is 0 Å². The molecule has 2 aromatic rings. The van der Waals surface area contributed by atoms with Crippen LogP contribution >= 0.6 is 0 Å². The molecule has 3 atom stereocenters. The van der Waals surface area contributed by atoms with Crippen molar-refractivity contribution in [1.29, 1.82) is 0 Å². The Labute approximate surface area is 172 Å². The zero-order valence-corrected chi connectivity index (χ0v) is 17.4. The van der Waals surface area contributed by atoms with E-state index in [9.17, 15) is 9.18 Å². The summed E-state index contributed by atoms with van der Waals surface area (Å²) in [5, 5.41) is 0. The van der Waals surface area contributed by atoms with Crippen LogP contribution in [0.15, 0.2) is 42.5 Å². The number of fused-ring (bicyclic) bond motifs is 1. The van der Waals surface area contributed by atoms with Gasteiger partial charge >= 0.3 is 0 Å². The number of ether oxygens (including phenoxy) is 1. The van der Waals surface area contributed by atoms with Crippen LogP contribution in [-0.2, 0) is 11.2 Å². The average molecular weight is 397 g/mol. The molecule has 2 heterocycles. The van der Waals surface area contributed by atoms with Crippen LogP contribution in [0.5, 0.6) is 5.75 Å². The van der Waals surface area contributed by atoms with Crippen molar-refractivity contribution in [2.24, 2.45) is 0 Å². The highest BCUT2D eigenvalue weighted by atomic mass is 19.1. The van der Waals surface area contributed by atoms with Crippen molar-refractivity contribution in [2.45, 2.75) is 44.2 Å². The van der Waals surface area contributed by atoms with Gasteiger partial charge in [-0.3, -0.25) is 4.79 Å². The van der Waals surface area contributed by atoms with Gasteiger partial charge in [0.1, 0.15) is 11.6 Å². The second-order valence-corrected chi connectivity index (χ2v) is 8.37. The molecular weight excluding hydrogens is 367 g/mol. The summed E-state index contributed by atoms with van der Waals surface area (Å²) in [4.78, 5) is 17.7. The number of carbonyl (C=O) groups excluding carboxylic acids is 1. The fourth-order valence-corrected chi connectivity index (χ4v) is 5.16. The molecule has 0 aliphatic carbocycles. The van der Waals surface area contributed by atoms with Gasteiger partial charge in [0.2, 0.25) is 5.91 Å². The van der Waals surface area contributed by atoms with Gasteiger partial charge in [-0.2, -0.15) is 0 Å². The highest BCUT2D eigenvalue weighted by molar-refractivity contribution is 5.80. The van der Waals surface area contributed by atoms with Gasteiger partial charge < -0.3 is 14.5 Å². The Morgan fingerprint density at radius 3 is 2.66 bits per heavy atom. The summed E-state index contributed by atoms with van der Waals surface area (Å²) in [5.74, 6) is 1.01. The van der Waals surface area contributed by atoms with Crippen molar-refractivity contribution in [2.75, 3.05) is 27.2 Å². The Morgan fingerprint density at radius 2 is 1.97 bits per heavy atom. The van der Waals surface area contributed by atoms with Gasteiger partial charge in [0, 0.05) is 24.5 Å². The van der Waals surface area contributed by atoms with Crippen molar-refractivity contribution < 1.29 is 13.9 Å². The van der Waals surface area contributed by atoms with Gasteiger partial charge in [-0.25, -0.2) is 4.39 Å². The minimum absolute atomic E-state index is 0.171. The first-order valence-corrected chi connectivity index (χ1v) is 10.4. The van der Waals surface area contributed by atoms with E-state index < -0.39 is 0 Å². The second-order valence-electron chi connectivity index (χ2n) is 8.37. The predicted molar refractivity (Wildman–Crippen MR) is 112 cm³/mol. The van der Waals surface area contributed by atoms with Crippen LogP contribution in [0.3, 0.4) is 0 Å². The molecule has 1 amide bonds. The van der Waals surface area contributed by atoms with E-state index in [-0.39, 0.29) is 29.7 Å². The zero-order chi connectivity index (χ0) is 20.5. The molecule has 29 heavy (non-hydrogen) atoms. The number of rotatable bonds is 4. The molecule has 0 unspecified atom stereocenters. The van der Waals surface area contributed by atoms with Crippen molar-refractivity contribution in [3.63, 3.8) is 0 Å². The lowest BCUT2D eigenvalue weighted by molar-refractivity contribution is -0.132. The maximum Gasteiger partial charge on any atom is 0.227 e. The number of nitrogens with zero attached hydrogens (tertiary/aromatic N) is 2. The van der Waals surface area contributed by atoms with E-state index in [2.05, 4.69) is 16.8 Å². The molecule has 2 aromatic carbocycles. The summed E-state index contributed by atoms with van der Waals surface area (Å²) in [6, 6.07) is 13.2. The number of hydrogen-bond donors (Lipinski definition) is 0. The van der Waals surface area contributed by atoms with E-state index in [4.69, 9.17) is 4.74 Å². The van der Waals surface area contributed by atoms with E-state index in [1.165, 1.54) is 12.1 Å². The molecule has 154 valence electrons. The van der Waals surface area contributed by atoms with Crippen LogP contribution in [0.4, 0.5) is 4.39 Å². The number of amides is 1. The molecule has 2 aliphatic rings. The molecule has 2 saturated heterocycles. The number of hydrogen-bond acceptors (Lipinski definition) is 3.